The first-order valence-electron chi connectivity index (χ1n) is 8.18. The van der Waals surface area contributed by atoms with Gasteiger partial charge in [0.25, 0.3) is 0 Å². The first-order chi connectivity index (χ1) is 12.8. The summed E-state index contributed by atoms with van der Waals surface area (Å²) in [4.78, 5) is 1.16. The molecule has 0 N–H and O–H groups in total. The van der Waals surface area contributed by atoms with E-state index in [0.29, 0.717) is 31.3 Å². The predicted octanol–water partition coefficient (Wildman–Crippen LogP) is 2.48. The fourth-order valence-electron chi connectivity index (χ4n) is 2.92. The van der Waals surface area contributed by atoms with E-state index in [4.69, 9.17) is 5.26 Å². The number of hydrogen-bond donors (Lipinski definition) is 0. The standard InChI is InChI=1S/C18H16F3N3O2S/c19-15-5-6-16(18(21)17(15)20)27(25,26)24-9-7-23(8-10-24)12-14-3-1-13(11-22)2-4-14/h1-6H,7-10,12H2. The maximum absolute atomic E-state index is 13.9. The summed E-state index contributed by atoms with van der Waals surface area (Å²) in [6, 6.07) is 10.5. The number of benzene rings is 2. The number of nitrogens with zero attached hydrogens (tertiary/aromatic N) is 3. The van der Waals surface area contributed by atoms with Crippen molar-refractivity contribution in [3.05, 3.63) is 65.0 Å². The van der Waals surface area contributed by atoms with Gasteiger partial charge in [-0.15, -0.1) is 0 Å². The van der Waals surface area contributed by atoms with Gasteiger partial charge in [0, 0.05) is 32.7 Å². The van der Waals surface area contributed by atoms with Crippen LogP contribution in [0, 0.1) is 28.8 Å². The van der Waals surface area contributed by atoms with E-state index >= 15 is 0 Å². The van der Waals surface area contributed by atoms with Crippen molar-refractivity contribution in [3.63, 3.8) is 0 Å². The lowest BCUT2D eigenvalue weighted by Crippen LogP contribution is -2.48. The van der Waals surface area contributed by atoms with Crippen LogP contribution in [0.4, 0.5) is 13.2 Å². The molecule has 0 saturated carbocycles. The Morgan fingerprint density at radius 1 is 0.926 bits per heavy atom. The molecule has 0 aliphatic carbocycles. The zero-order valence-corrected chi connectivity index (χ0v) is 15.0. The third-order valence-electron chi connectivity index (χ3n) is 4.44. The van der Waals surface area contributed by atoms with Gasteiger partial charge < -0.3 is 0 Å². The Morgan fingerprint density at radius 2 is 1.56 bits per heavy atom. The Balaban J connectivity index is 1.67. The van der Waals surface area contributed by atoms with Gasteiger partial charge in [-0.3, -0.25) is 4.90 Å². The molecule has 1 aliphatic rings. The van der Waals surface area contributed by atoms with Crippen LogP contribution in [-0.2, 0) is 16.6 Å². The van der Waals surface area contributed by atoms with Gasteiger partial charge >= 0.3 is 0 Å². The SMILES string of the molecule is N#Cc1ccc(CN2CCN(S(=O)(=O)c3ccc(F)c(F)c3F)CC2)cc1. The van der Waals surface area contributed by atoms with E-state index in [-0.39, 0.29) is 13.1 Å². The molecule has 0 aromatic heterocycles. The van der Waals surface area contributed by atoms with Gasteiger partial charge in [-0.1, -0.05) is 12.1 Å². The molecule has 2 aromatic carbocycles. The molecule has 0 radical (unpaired) electrons. The van der Waals surface area contributed by atoms with Gasteiger partial charge in [-0.25, -0.2) is 21.6 Å². The Morgan fingerprint density at radius 3 is 2.15 bits per heavy atom. The smallest absolute Gasteiger partial charge is 0.246 e. The fourth-order valence-corrected chi connectivity index (χ4v) is 4.40. The van der Waals surface area contributed by atoms with Crippen LogP contribution in [0.2, 0.25) is 0 Å². The highest BCUT2D eigenvalue weighted by Crippen LogP contribution is 2.24. The molecule has 2 aromatic rings. The normalized spacial score (nSPS) is 16.2. The van der Waals surface area contributed by atoms with Crippen molar-refractivity contribution in [2.45, 2.75) is 11.4 Å². The molecule has 142 valence electrons. The Bertz CT molecular complexity index is 980. The largest absolute Gasteiger partial charge is 0.296 e. The van der Waals surface area contributed by atoms with E-state index in [1.165, 1.54) is 0 Å². The quantitative estimate of drug-likeness (QED) is 0.747. The van der Waals surface area contributed by atoms with Crippen molar-refractivity contribution in [3.8, 4) is 6.07 Å². The average Bonchev–Trinajstić information content (AvgIpc) is 2.67. The Hall–Kier alpha value is -2.41. The summed E-state index contributed by atoms with van der Waals surface area (Å²) in [6.45, 7) is 1.61. The summed E-state index contributed by atoms with van der Waals surface area (Å²) in [5, 5.41) is 8.81. The Labute approximate surface area is 155 Å². The van der Waals surface area contributed by atoms with E-state index in [1.807, 2.05) is 23.1 Å². The summed E-state index contributed by atoms with van der Waals surface area (Å²) in [5.74, 6) is -4.93. The van der Waals surface area contributed by atoms with Crippen LogP contribution < -0.4 is 0 Å². The molecule has 27 heavy (non-hydrogen) atoms. The fraction of sp³-hybridized carbons (Fsp3) is 0.278. The first kappa shape index (κ1) is 19.4. The van der Waals surface area contributed by atoms with Crippen LogP contribution >= 0.6 is 0 Å². The molecule has 0 atom stereocenters. The van der Waals surface area contributed by atoms with Gasteiger partial charge in [0.1, 0.15) is 4.90 Å². The second-order valence-corrected chi connectivity index (χ2v) is 8.07. The molecule has 1 fully saturated rings. The molecule has 0 unspecified atom stereocenters. The van der Waals surface area contributed by atoms with Gasteiger partial charge in [0.15, 0.2) is 17.5 Å². The molecular weight excluding hydrogens is 379 g/mol. The van der Waals surface area contributed by atoms with E-state index in [9.17, 15) is 21.6 Å². The highest BCUT2D eigenvalue weighted by molar-refractivity contribution is 7.89. The van der Waals surface area contributed by atoms with Crippen molar-refractivity contribution in [2.24, 2.45) is 0 Å². The zero-order chi connectivity index (χ0) is 19.6. The lowest BCUT2D eigenvalue weighted by molar-refractivity contribution is 0.181. The third-order valence-corrected chi connectivity index (χ3v) is 6.35. The van der Waals surface area contributed by atoms with Gasteiger partial charge in [0.2, 0.25) is 10.0 Å². The van der Waals surface area contributed by atoms with Crippen LogP contribution in [0.5, 0.6) is 0 Å². The molecule has 0 bridgehead atoms. The summed E-state index contributed by atoms with van der Waals surface area (Å²) in [5.41, 5.74) is 1.54. The molecule has 1 saturated heterocycles. The highest BCUT2D eigenvalue weighted by atomic mass is 32.2. The first-order valence-corrected chi connectivity index (χ1v) is 9.62. The van der Waals surface area contributed by atoms with Crippen molar-refractivity contribution in [1.29, 1.82) is 5.26 Å². The number of piperazine rings is 1. The van der Waals surface area contributed by atoms with E-state index < -0.39 is 32.4 Å². The van der Waals surface area contributed by atoms with Gasteiger partial charge in [-0.2, -0.15) is 9.57 Å². The van der Waals surface area contributed by atoms with Crippen molar-refractivity contribution in [2.75, 3.05) is 26.2 Å². The number of sulfonamides is 1. The molecule has 9 heteroatoms. The lowest BCUT2D eigenvalue weighted by Gasteiger charge is -2.34. The minimum atomic E-state index is -4.25. The molecule has 1 aliphatic heterocycles. The summed E-state index contributed by atoms with van der Waals surface area (Å²) < 4.78 is 66.5. The van der Waals surface area contributed by atoms with Crippen LogP contribution in [0.15, 0.2) is 41.3 Å². The summed E-state index contributed by atoms with van der Waals surface area (Å²) >= 11 is 0. The minimum Gasteiger partial charge on any atom is -0.296 e. The number of nitriles is 1. The second-order valence-electron chi connectivity index (χ2n) is 6.16. The van der Waals surface area contributed by atoms with Crippen molar-refractivity contribution >= 4 is 10.0 Å². The van der Waals surface area contributed by atoms with Crippen LogP contribution in [0.25, 0.3) is 0 Å². The molecule has 0 amide bonds. The summed E-state index contributed by atoms with van der Waals surface area (Å²) in [6.07, 6.45) is 0. The number of halogens is 3. The predicted molar refractivity (Wildman–Crippen MR) is 91.5 cm³/mol. The lowest BCUT2D eigenvalue weighted by atomic mass is 10.1. The van der Waals surface area contributed by atoms with Crippen molar-refractivity contribution in [1.82, 2.24) is 9.21 Å². The van der Waals surface area contributed by atoms with Gasteiger partial charge in [0.05, 0.1) is 11.6 Å². The summed E-state index contributed by atoms with van der Waals surface area (Å²) in [7, 11) is -4.25. The maximum atomic E-state index is 13.9. The van der Waals surface area contributed by atoms with Gasteiger partial charge in [-0.05, 0) is 29.8 Å². The van der Waals surface area contributed by atoms with E-state index in [2.05, 4.69) is 0 Å². The minimum absolute atomic E-state index is 0.108. The molecular formula is C18H16F3N3O2S. The molecule has 1 heterocycles. The third kappa shape index (κ3) is 3.98. The highest BCUT2D eigenvalue weighted by Gasteiger charge is 2.32. The number of hydrogen-bond acceptors (Lipinski definition) is 4. The van der Waals surface area contributed by atoms with Crippen LogP contribution in [-0.4, -0.2) is 43.8 Å². The second kappa shape index (κ2) is 7.68. The zero-order valence-electron chi connectivity index (χ0n) is 14.2. The molecule has 0 spiro atoms. The average molecular weight is 395 g/mol. The van der Waals surface area contributed by atoms with Crippen LogP contribution in [0.1, 0.15) is 11.1 Å². The molecule has 5 nitrogen and oxygen atoms in total. The Kier molecular flexibility index (Phi) is 5.51. The maximum Gasteiger partial charge on any atom is 0.246 e. The molecule has 3 rings (SSSR count). The monoisotopic (exact) mass is 395 g/mol. The topological polar surface area (TPSA) is 64.4 Å². The van der Waals surface area contributed by atoms with E-state index in [0.717, 1.165) is 15.9 Å². The van der Waals surface area contributed by atoms with Crippen molar-refractivity contribution < 1.29 is 21.6 Å². The van der Waals surface area contributed by atoms with E-state index in [1.54, 1.807) is 12.1 Å². The number of rotatable bonds is 4. The van der Waals surface area contributed by atoms with Crippen LogP contribution in [0.3, 0.4) is 0 Å².